The maximum Gasteiger partial charge on any atom is 0.243 e. The van der Waals surface area contributed by atoms with Gasteiger partial charge < -0.3 is 5.32 Å². The summed E-state index contributed by atoms with van der Waals surface area (Å²) >= 11 is 0. The van der Waals surface area contributed by atoms with Gasteiger partial charge in [0.1, 0.15) is 5.82 Å². The van der Waals surface area contributed by atoms with Crippen LogP contribution in [0.5, 0.6) is 0 Å². The molecule has 1 saturated heterocycles. The summed E-state index contributed by atoms with van der Waals surface area (Å²) in [7, 11) is -3.49. The van der Waals surface area contributed by atoms with Crippen LogP contribution in [0.1, 0.15) is 30.4 Å². The number of hydrogen-bond acceptors (Lipinski definition) is 3. The Labute approximate surface area is 165 Å². The summed E-state index contributed by atoms with van der Waals surface area (Å²) in [6.07, 6.45) is 1.60. The number of rotatable bonds is 6. The van der Waals surface area contributed by atoms with E-state index in [4.69, 9.17) is 0 Å². The van der Waals surface area contributed by atoms with Gasteiger partial charge in [-0.15, -0.1) is 0 Å². The highest BCUT2D eigenvalue weighted by Gasteiger charge is 2.30. The second-order valence-corrected chi connectivity index (χ2v) is 9.17. The van der Waals surface area contributed by atoms with Crippen molar-refractivity contribution in [3.63, 3.8) is 0 Å². The van der Waals surface area contributed by atoms with E-state index in [9.17, 15) is 17.6 Å². The van der Waals surface area contributed by atoms with Crippen molar-refractivity contribution in [2.24, 2.45) is 5.92 Å². The van der Waals surface area contributed by atoms with Crippen molar-refractivity contribution in [2.75, 3.05) is 13.1 Å². The van der Waals surface area contributed by atoms with Gasteiger partial charge in [-0.2, -0.15) is 4.31 Å². The zero-order valence-corrected chi connectivity index (χ0v) is 16.7. The number of aryl methyl sites for hydroxylation is 1. The molecule has 1 N–H and O–H groups in total. The minimum atomic E-state index is -3.49. The summed E-state index contributed by atoms with van der Waals surface area (Å²) in [6, 6.07) is 13.2. The number of piperidine rings is 1. The number of carbonyl (C=O) groups excluding carboxylic acids is 1. The van der Waals surface area contributed by atoms with Crippen LogP contribution in [0.2, 0.25) is 0 Å². The van der Waals surface area contributed by atoms with Gasteiger partial charge in [0.15, 0.2) is 0 Å². The van der Waals surface area contributed by atoms with Gasteiger partial charge in [-0.05, 0) is 43.9 Å². The van der Waals surface area contributed by atoms with Crippen LogP contribution in [0, 0.1) is 18.7 Å². The van der Waals surface area contributed by atoms with E-state index in [0.717, 1.165) is 5.56 Å². The normalized spacial score (nSPS) is 16.1. The van der Waals surface area contributed by atoms with Crippen LogP contribution in [-0.4, -0.2) is 31.7 Å². The van der Waals surface area contributed by atoms with Gasteiger partial charge in [0.2, 0.25) is 15.9 Å². The third-order valence-corrected chi connectivity index (χ3v) is 7.05. The topological polar surface area (TPSA) is 66.5 Å². The molecule has 0 atom stereocenters. The molecule has 1 aliphatic rings. The minimum absolute atomic E-state index is 0.130. The molecule has 3 rings (SSSR count). The highest BCUT2D eigenvalue weighted by atomic mass is 32.2. The third-order valence-electron chi connectivity index (χ3n) is 5.14. The van der Waals surface area contributed by atoms with E-state index < -0.39 is 10.0 Å². The van der Waals surface area contributed by atoms with E-state index in [-0.39, 0.29) is 24.2 Å². The Morgan fingerprint density at radius 1 is 1.11 bits per heavy atom. The van der Waals surface area contributed by atoms with Gasteiger partial charge in [0.05, 0.1) is 4.90 Å². The Bertz CT molecular complexity index is 921. The number of amides is 1. The van der Waals surface area contributed by atoms with Gasteiger partial charge in [0, 0.05) is 31.6 Å². The van der Waals surface area contributed by atoms with E-state index in [2.05, 4.69) is 5.32 Å². The van der Waals surface area contributed by atoms with Crippen molar-refractivity contribution in [1.82, 2.24) is 9.62 Å². The predicted molar refractivity (Wildman–Crippen MR) is 106 cm³/mol. The molecule has 7 heteroatoms. The molecule has 0 aromatic heterocycles. The number of hydrogen-bond donors (Lipinski definition) is 1. The van der Waals surface area contributed by atoms with Crippen molar-refractivity contribution in [2.45, 2.75) is 37.6 Å². The number of halogens is 1. The summed E-state index contributed by atoms with van der Waals surface area (Å²) in [5.41, 5.74) is 1.47. The fraction of sp³-hybridized carbons (Fsp3) is 0.381. The molecule has 1 amide bonds. The predicted octanol–water partition coefficient (Wildman–Crippen LogP) is 3.24. The van der Waals surface area contributed by atoms with Crippen LogP contribution < -0.4 is 5.32 Å². The maximum absolute atomic E-state index is 13.6. The zero-order valence-electron chi connectivity index (χ0n) is 15.9. The first-order valence-corrected chi connectivity index (χ1v) is 10.9. The van der Waals surface area contributed by atoms with E-state index >= 15 is 0 Å². The number of nitrogens with zero attached hydrogens (tertiary/aromatic N) is 1. The molecule has 0 unspecified atom stereocenters. The number of nitrogens with one attached hydrogen (secondary N) is 1. The second-order valence-electron chi connectivity index (χ2n) is 7.23. The molecule has 0 saturated carbocycles. The summed E-state index contributed by atoms with van der Waals surface area (Å²) in [4.78, 5) is 12.5. The Morgan fingerprint density at radius 3 is 2.39 bits per heavy atom. The first kappa shape index (κ1) is 20.5. The van der Waals surface area contributed by atoms with E-state index in [1.54, 1.807) is 42.5 Å². The summed E-state index contributed by atoms with van der Waals surface area (Å²) < 4.78 is 40.6. The molecule has 2 aromatic carbocycles. The summed E-state index contributed by atoms with van der Waals surface area (Å²) in [5, 5.41) is 2.75. The Kier molecular flexibility index (Phi) is 6.46. The first-order valence-electron chi connectivity index (χ1n) is 9.43. The van der Waals surface area contributed by atoms with Crippen LogP contribution >= 0.6 is 0 Å². The molecule has 150 valence electrons. The van der Waals surface area contributed by atoms with E-state index in [1.807, 2.05) is 6.92 Å². The Hall–Kier alpha value is -2.25. The van der Waals surface area contributed by atoms with Crippen LogP contribution in [0.15, 0.2) is 53.4 Å². The molecule has 5 nitrogen and oxygen atoms in total. The van der Waals surface area contributed by atoms with Gasteiger partial charge in [-0.3, -0.25) is 4.79 Å². The lowest BCUT2D eigenvalue weighted by molar-refractivity contribution is -0.122. The van der Waals surface area contributed by atoms with E-state index in [1.165, 1.54) is 10.4 Å². The fourth-order valence-electron chi connectivity index (χ4n) is 3.38. The lowest BCUT2D eigenvalue weighted by Crippen LogP contribution is -2.39. The smallest absolute Gasteiger partial charge is 0.243 e. The molecule has 0 bridgehead atoms. The summed E-state index contributed by atoms with van der Waals surface area (Å²) in [6.45, 7) is 2.88. The van der Waals surface area contributed by atoms with Crippen molar-refractivity contribution in [3.05, 3.63) is 65.5 Å². The van der Waals surface area contributed by atoms with Crippen LogP contribution in [0.25, 0.3) is 0 Å². The molecule has 28 heavy (non-hydrogen) atoms. The van der Waals surface area contributed by atoms with Crippen molar-refractivity contribution < 1.29 is 17.6 Å². The monoisotopic (exact) mass is 404 g/mol. The molecule has 0 aliphatic carbocycles. The third kappa shape index (κ3) is 4.97. The van der Waals surface area contributed by atoms with Gasteiger partial charge in [-0.25, -0.2) is 12.8 Å². The van der Waals surface area contributed by atoms with Gasteiger partial charge in [-0.1, -0.05) is 35.9 Å². The second kappa shape index (κ2) is 8.84. The zero-order chi connectivity index (χ0) is 20.1. The fourth-order valence-corrected chi connectivity index (χ4v) is 4.85. The molecule has 0 radical (unpaired) electrons. The summed E-state index contributed by atoms with van der Waals surface area (Å²) in [5.74, 6) is -0.342. The lowest BCUT2D eigenvalue weighted by atomic mass is 9.94. The Balaban J connectivity index is 1.49. The molecule has 2 aromatic rings. The average molecular weight is 405 g/mol. The average Bonchev–Trinajstić information content (AvgIpc) is 2.68. The Morgan fingerprint density at radius 2 is 1.75 bits per heavy atom. The molecular formula is C21H25FN2O3S. The number of sulfonamides is 1. The molecular weight excluding hydrogens is 379 g/mol. The van der Waals surface area contributed by atoms with Gasteiger partial charge >= 0.3 is 0 Å². The van der Waals surface area contributed by atoms with Crippen molar-refractivity contribution >= 4 is 15.9 Å². The quantitative estimate of drug-likeness (QED) is 0.804. The standard InChI is InChI=1S/C21H25FN2O3S/c1-16-6-8-19(9-7-16)28(26,27)24-12-10-17(11-13-24)14-21(25)23-15-18-4-2-3-5-20(18)22/h2-9,17H,10-15H2,1H3,(H,23,25). The van der Waals surface area contributed by atoms with Gasteiger partial charge in [0.25, 0.3) is 0 Å². The van der Waals surface area contributed by atoms with Crippen LogP contribution in [0.3, 0.4) is 0 Å². The van der Waals surface area contributed by atoms with Crippen LogP contribution in [0.4, 0.5) is 4.39 Å². The molecule has 1 heterocycles. The SMILES string of the molecule is Cc1ccc(S(=O)(=O)N2CCC(CC(=O)NCc3ccccc3F)CC2)cc1. The van der Waals surface area contributed by atoms with Crippen LogP contribution in [-0.2, 0) is 21.4 Å². The van der Waals surface area contributed by atoms with Crippen molar-refractivity contribution in [1.29, 1.82) is 0 Å². The highest BCUT2D eigenvalue weighted by Crippen LogP contribution is 2.25. The lowest BCUT2D eigenvalue weighted by Gasteiger charge is -2.31. The first-order chi connectivity index (χ1) is 13.4. The minimum Gasteiger partial charge on any atom is -0.352 e. The maximum atomic E-state index is 13.6. The molecule has 1 aliphatic heterocycles. The highest BCUT2D eigenvalue weighted by molar-refractivity contribution is 7.89. The largest absolute Gasteiger partial charge is 0.352 e. The number of benzene rings is 2. The van der Waals surface area contributed by atoms with Crippen molar-refractivity contribution in [3.8, 4) is 0 Å². The molecule has 0 spiro atoms. The molecule has 1 fully saturated rings. The number of carbonyl (C=O) groups is 1. The van der Waals surface area contributed by atoms with E-state index in [0.29, 0.717) is 42.8 Å².